The molecule has 0 atom stereocenters. The van der Waals surface area contributed by atoms with E-state index in [1.807, 2.05) is 6.07 Å². The lowest BCUT2D eigenvalue weighted by Crippen LogP contribution is -2.39. The van der Waals surface area contributed by atoms with Gasteiger partial charge < -0.3 is 5.32 Å². The Labute approximate surface area is 123 Å². The largest absolute Gasteiger partial charge is 0.352 e. The van der Waals surface area contributed by atoms with Crippen molar-refractivity contribution >= 4 is 16.8 Å². The van der Waals surface area contributed by atoms with Gasteiger partial charge >= 0.3 is 0 Å². The molecule has 110 valence electrons. The summed E-state index contributed by atoms with van der Waals surface area (Å²) in [4.78, 5) is 28.6. The van der Waals surface area contributed by atoms with Crippen LogP contribution >= 0.6 is 0 Å². The van der Waals surface area contributed by atoms with Gasteiger partial charge in [0.05, 0.1) is 17.2 Å². The van der Waals surface area contributed by atoms with Gasteiger partial charge in [0.1, 0.15) is 6.54 Å². The fourth-order valence-corrected chi connectivity index (χ4v) is 2.89. The second kappa shape index (κ2) is 6.08. The Morgan fingerprint density at radius 1 is 1.24 bits per heavy atom. The molecule has 0 spiro atoms. The number of rotatable bonds is 3. The minimum Gasteiger partial charge on any atom is -0.352 e. The van der Waals surface area contributed by atoms with Crippen LogP contribution in [0, 0.1) is 0 Å². The Morgan fingerprint density at radius 3 is 2.81 bits per heavy atom. The first-order valence-corrected chi connectivity index (χ1v) is 7.47. The first kappa shape index (κ1) is 13.8. The van der Waals surface area contributed by atoms with Crippen molar-refractivity contribution in [2.24, 2.45) is 0 Å². The Morgan fingerprint density at radius 2 is 2.00 bits per heavy atom. The summed E-state index contributed by atoms with van der Waals surface area (Å²) in [6, 6.07) is 7.44. The van der Waals surface area contributed by atoms with Crippen LogP contribution in [0.1, 0.15) is 32.1 Å². The van der Waals surface area contributed by atoms with Crippen molar-refractivity contribution in [3.63, 3.8) is 0 Å². The number of amides is 1. The van der Waals surface area contributed by atoms with E-state index in [4.69, 9.17) is 0 Å². The van der Waals surface area contributed by atoms with Gasteiger partial charge in [0, 0.05) is 6.04 Å². The summed E-state index contributed by atoms with van der Waals surface area (Å²) < 4.78 is 1.38. The lowest BCUT2D eigenvalue weighted by molar-refractivity contribution is -0.122. The number of hydrogen-bond acceptors (Lipinski definition) is 3. The zero-order chi connectivity index (χ0) is 14.7. The van der Waals surface area contributed by atoms with Gasteiger partial charge in [0.15, 0.2) is 0 Å². The van der Waals surface area contributed by atoms with Crippen molar-refractivity contribution in [1.82, 2.24) is 14.9 Å². The number of para-hydroxylation sites is 1. The second-order valence-corrected chi connectivity index (χ2v) is 5.60. The van der Waals surface area contributed by atoms with Crippen LogP contribution in [0.25, 0.3) is 10.9 Å². The molecule has 1 aliphatic carbocycles. The van der Waals surface area contributed by atoms with Gasteiger partial charge in [-0.15, -0.1) is 0 Å². The van der Waals surface area contributed by atoms with Gasteiger partial charge in [-0.2, -0.15) is 0 Å². The molecule has 5 nitrogen and oxygen atoms in total. The minimum atomic E-state index is -0.167. The van der Waals surface area contributed by atoms with Gasteiger partial charge in [-0.25, -0.2) is 4.98 Å². The maximum atomic E-state index is 12.3. The van der Waals surface area contributed by atoms with E-state index < -0.39 is 0 Å². The summed E-state index contributed by atoms with van der Waals surface area (Å²) in [7, 11) is 0. The van der Waals surface area contributed by atoms with Crippen molar-refractivity contribution in [1.29, 1.82) is 0 Å². The highest BCUT2D eigenvalue weighted by atomic mass is 16.2. The highest BCUT2D eigenvalue weighted by Crippen LogP contribution is 2.17. The fraction of sp³-hybridized carbons (Fsp3) is 0.438. The van der Waals surface area contributed by atoms with Crippen LogP contribution in [0.4, 0.5) is 0 Å². The predicted molar refractivity (Wildman–Crippen MR) is 81.0 cm³/mol. The normalized spacial score (nSPS) is 16.0. The summed E-state index contributed by atoms with van der Waals surface area (Å²) in [5.41, 5.74) is 0.492. The van der Waals surface area contributed by atoms with Gasteiger partial charge in [0.2, 0.25) is 5.91 Å². The number of hydrogen-bond donors (Lipinski definition) is 1. The van der Waals surface area contributed by atoms with Crippen molar-refractivity contribution < 1.29 is 4.79 Å². The Hall–Kier alpha value is -2.17. The molecule has 0 aliphatic heterocycles. The van der Waals surface area contributed by atoms with E-state index in [0.717, 1.165) is 12.8 Å². The molecule has 1 aromatic carbocycles. The molecular formula is C16H19N3O2. The molecule has 1 saturated carbocycles. The molecule has 21 heavy (non-hydrogen) atoms. The number of aromatic nitrogens is 2. The maximum Gasteiger partial charge on any atom is 0.261 e. The highest BCUT2D eigenvalue weighted by molar-refractivity contribution is 5.79. The molecule has 5 heteroatoms. The van der Waals surface area contributed by atoms with Crippen molar-refractivity contribution in [3.8, 4) is 0 Å². The molecule has 1 heterocycles. The van der Waals surface area contributed by atoms with E-state index in [1.54, 1.807) is 18.2 Å². The van der Waals surface area contributed by atoms with Gasteiger partial charge in [-0.1, -0.05) is 31.4 Å². The van der Waals surface area contributed by atoms with E-state index >= 15 is 0 Å². The summed E-state index contributed by atoms with van der Waals surface area (Å²) in [6.45, 7) is 0.0349. The molecule has 2 aromatic rings. The van der Waals surface area contributed by atoms with Crippen LogP contribution in [-0.2, 0) is 11.3 Å². The number of fused-ring (bicyclic) bond motifs is 1. The van der Waals surface area contributed by atoms with E-state index in [9.17, 15) is 9.59 Å². The third-order valence-electron chi connectivity index (χ3n) is 4.02. The summed E-state index contributed by atoms with van der Waals surface area (Å²) >= 11 is 0. The average Bonchev–Trinajstić information content (AvgIpc) is 2.51. The van der Waals surface area contributed by atoms with Crippen LogP contribution < -0.4 is 10.9 Å². The standard InChI is InChI=1S/C16H19N3O2/c20-15(18-12-6-2-1-3-7-12)10-19-11-17-14-9-5-4-8-13(14)16(19)21/h4-5,8-9,11-12H,1-3,6-7,10H2,(H,18,20). The zero-order valence-corrected chi connectivity index (χ0v) is 11.9. The summed E-state index contributed by atoms with van der Waals surface area (Å²) in [5.74, 6) is -0.110. The van der Waals surface area contributed by atoms with Gasteiger partial charge in [-0.3, -0.25) is 14.2 Å². The quantitative estimate of drug-likeness (QED) is 0.936. The van der Waals surface area contributed by atoms with Crippen LogP contribution in [0.5, 0.6) is 0 Å². The molecule has 3 rings (SSSR count). The van der Waals surface area contributed by atoms with E-state index in [2.05, 4.69) is 10.3 Å². The van der Waals surface area contributed by atoms with Crippen LogP contribution in [0.15, 0.2) is 35.4 Å². The minimum absolute atomic E-state index is 0.0349. The summed E-state index contributed by atoms with van der Waals surface area (Å²) in [6.07, 6.45) is 7.11. The first-order valence-electron chi connectivity index (χ1n) is 7.47. The molecule has 0 saturated heterocycles. The number of nitrogens with zero attached hydrogens (tertiary/aromatic N) is 2. The van der Waals surface area contributed by atoms with E-state index in [-0.39, 0.29) is 24.1 Å². The van der Waals surface area contributed by atoms with Crippen LogP contribution in [0.3, 0.4) is 0 Å². The smallest absolute Gasteiger partial charge is 0.261 e. The van der Waals surface area contributed by atoms with E-state index in [0.29, 0.717) is 10.9 Å². The lowest BCUT2D eigenvalue weighted by Gasteiger charge is -2.22. The number of benzene rings is 1. The van der Waals surface area contributed by atoms with Crippen molar-refractivity contribution in [3.05, 3.63) is 40.9 Å². The predicted octanol–water partition coefficient (Wildman–Crippen LogP) is 1.85. The van der Waals surface area contributed by atoms with Crippen molar-refractivity contribution in [2.45, 2.75) is 44.7 Å². The first-order chi connectivity index (χ1) is 10.2. The average molecular weight is 285 g/mol. The third kappa shape index (κ3) is 3.12. The lowest BCUT2D eigenvalue weighted by atomic mass is 9.95. The molecule has 1 aliphatic rings. The fourth-order valence-electron chi connectivity index (χ4n) is 2.89. The number of nitrogens with one attached hydrogen (secondary N) is 1. The topological polar surface area (TPSA) is 64.0 Å². The number of carbonyl (C=O) groups excluding carboxylic acids is 1. The van der Waals surface area contributed by atoms with Crippen molar-refractivity contribution in [2.75, 3.05) is 0 Å². The molecule has 0 unspecified atom stereocenters. The molecule has 1 aromatic heterocycles. The molecule has 1 fully saturated rings. The second-order valence-electron chi connectivity index (χ2n) is 5.60. The number of carbonyl (C=O) groups is 1. The highest BCUT2D eigenvalue weighted by Gasteiger charge is 2.16. The molecular weight excluding hydrogens is 266 g/mol. The summed E-state index contributed by atoms with van der Waals surface area (Å²) in [5, 5.41) is 3.56. The zero-order valence-electron chi connectivity index (χ0n) is 11.9. The van der Waals surface area contributed by atoms with Crippen LogP contribution in [0.2, 0.25) is 0 Å². The SMILES string of the molecule is O=C(Cn1cnc2ccccc2c1=O)NC1CCCCC1. The Balaban J connectivity index is 1.73. The third-order valence-corrected chi connectivity index (χ3v) is 4.02. The molecule has 1 amide bonds. The Bertz CT molecular complexity index is 702. The molecule has 1 N–H and O–H groups in total. The maximum absolute atomic E-state index is 12.3. The van der Waals surface area contributed by atoms with Gasteiger partial charge in [-0.05, 0) is 25.0 Å². The Kier molecular flexibility index (Phi) is 3.99. The molecule has 0 bridgehead atoms. The molecule has 0 radical (unpaired) electrons. The monoisotopic (exact) mass is 285 g/mol. The van der Waals surface area contributed by atoms with Crippen LogP contribution in [-0.4, -0.2) is 21.5 Å². The van der Waals surface area contributed by atoms with Gasteiger partial charge in [0.25, 0.3) is 5.56 Å². The van der Waals surface area contributed by atoms with E-state index in [1.165, 1.54) is 30.2 Å².